The molecule has 0 radical (unpaired) electrons. The highest BCUT2D eigenvalue weighted by atomic mass is 35.5. The fourth-order valence-corrected chi connectivity index (χ4v) is 3.72. The van der Waals surface area contributed by atoms with Crippen LogP contribution in [0.15, 0.2) is 34.2 Å². The van der Waals surface area contributed by atoms with Crippen molar-refractivity contribution in [3.05, 3.63) is 55.9 Å². The first-order valence-electron chi connectivity index (χ1n) is 7.31. The van der Waals surface area contributed by atoms with Crippen LogP contribution in [0.2, 0.25) is 10.0 Å². The van der Waals surface area contributed by atoms with E-state index in [9.17, 15) is 9.59 Å². The third-order valence-electron chi connectivity index (χ3n) is 3.57. The normalized spacial score (nSPS) is 10.6. The standard InChI is InChI=1S/C17H12Cl2N2O4S/c1-8-12(14(21-25-8)13-9(18)4-3-5-10(13)19)16(22)20-11-6-7-26-15(11)17(23)24-2/h3-7H,1-2H3,(H,20,22). The fraction of sp³-hybridized carbons (Fsp3) is 0.118. The fourth-order valence-electron chi connectivity index (χ4n) is 2.38. The minimum Gasteiger partial charge on any atom is -0.465 e. The zero-order chi connectivity index (χ0) is 18.8. The van der Waals surface area contributed by atoms with Crippen molar-refractivity contribution < 1.29 is 18.8 Å². The van der Waals surface area contributed by atoms with Gasteiger partial charge >= 0.3 is 5.97 Å². The van der Waals surface area contributed by atoms with Crippen molar-refractivity contribution in [2.45, 2.75) is 6.92 Å². The smallest absolute Gasteiger partial charge is 0.350 e. The van der Waals surface area contributed by atoms with Gasteiger partial charge in [-0.15, -0.1) is 11.3 Å². The topological polar surface area (TPSA) is 81.4 Å². The first-order valence-corrected chi connectivity index (χ1v) is 8.95. The van der Waals surface area contributed by atoms with Crippen LogP contribution in [-0.4, -0.2) is 24.1 Å². The number of esters is 1. The van der Waals surface area contributed by atoms with Gasteiger partial charge in [0, 0.05) is 5.56 Å². The molecule has 1 aromatic carbocycles. The van der Waals surface area contributed by atoms with Gasteiger partial charge in [-0.2, -0.15) is 0 Å². The maximum Gasteiger partial charge on any atom is 0.350 e. The summed E-state index contributed by atoms with van der Waals surface area (Å²) in [6, 6.07) is 6.58. The summed E-state index contributed by atoms with van der Waals surface area (Å²) in [7, 11) is 1.27. The summed E-state index contributed by atoms with van der Waals surface area (Å²) in [5, 5.41) is 8.97. The lowest BCUT2D eigenvalue weighted by atomic mass is 10.1. The van der Waals surface area contributed by atoms with Gasteiger partial charge in [-0.05, 0) is 30.5 Å². The number of nitrogens with zero attached hydrogens (tertiary/aromatic N) is 1. The van der Waals surface area contributed by atoms with Crippen LogP contribution < -0.4 is 5.32 Å². The molecular weight excluding hydrogens is 399 g/mol. The molecule has 2 heterocycles. The summed E-state index contributed by atoms with van der Waals surface area (Å²) in [6.45, 7) is 1.60. The second kappa shape index (κ2) is 7.49. The number of rotatable bonds is 4. The third-order valence-corrected chi connectivity index (χ3v) is 5.10. The van der Waals surface area contributed by atoms with Crippen LogP contribution in [0.3, 0.4) is 0 Å². The van der Waals surface area contributed by atoms with Crippen LogP contribution in [-0.2, 0) is 4.74 Å². The molecule has 0 aliphatic rings. The number of aryl methyl sites for hydroxylation is 1. The molecule has 0 bridgehead atoms. The summed E-state index contributed by atoms with van der Waals surface area (Å²) >= 11 is 13.6. The monoisotopic (exact) mass is 410 g/mol. The minimum atomic E-state index is -0.535. The second-order valence-corrected chi connectivity index (χ2v) is 6.90. The number of ether oxygens (including phenoxy) is 1. The number of hydrogen-bond acceptors (Lipinski definition) is 6. The average Bonchev–Trinajstić information content (AvgIpc) is 3.21. The second-order valence-electron chi connectivity index (χ2n) is 5.17. The van der Waals surface area contributed by atoms with E-state index >= 15 is 0 Å². The highest BCUT2D eigenvalue weighted by Gasteiger charge is 2.26. The van der Waals surface area contributed by atoms with Crippen LogP contribution >= 0.6 is 34.5 Å². The lowest BCUT2D eigenvalue weighted by molar-refractivity contribution is 0.0607. The molecule has 3 aromatic rings. The van der Waals surface area contributed by atoms with E-state index in [2.05, 4.69) is 10.5 Å². The van der Waals surface area contributed by atoms with Crippen LogP contribution in [0, 0.1) is 6.92 Å². The van der Waals surface area contributed by atoms with Gasteiger partial charge < -0.3 is 14.6 Å². The van der Waals surface area contributed by atoms with Crippen molar-refractivity contribution in [2.24, 2.45) is 0 Å². The highest BCUT2D eigenvalue weighted by Crippen LogP contribution is 2.37. The highest BCUT2D eigenvalue weighted by molar-refractivity contribution is 7.12. The van der Waals surface area contributed by atoms with E-state index in [1.54, 1.807) is 36.6 Å². The van der Waals surface area contributed by atoms with Gasteiger partial charge in [0.05, 0.1) is 22.8 Å². The predicted molar refractivity (Wildman–Crippen MR) is 100 cm³/mol. The zero-order valence-electron chi connectivity index (χ0n) is 13.6. The summed E-state index contributed by atoms with van der Waals surface area (Å²) in [6.07, 6.45) is 0. The maximum absolute atomic E-state index is 12.8. The zero-order valence-corrected chi connectivity index (χ0v) is 16.0. The Morgan fingerprint density at radius 1 is 1.23 bits per heavy atom. The Kier molecular flexibility index (Phi) is 5.31. The van der Waals surface area contributed by atoms with E-state index in [-0.39, 0.29) is 16.1 Å². The summed E-state index contributed by atoms with van der Waals surface area (Å²) in [5.74, 6) is -0.742. The number of amides is 1. The molecule has 2 aromatic heterocycles. The van der Waals surface area contributed by atoms with Gasteiger partial charge in [-0.1, -0.05) is 34.4 Å². The van der Waals surface area contributed by atoms with Gasteiger partial charge in [0.2, 0.25) is 0 Å². The Morgan fingerprint density at radius 2 is 1.92 bits per heavy atom. The molecule has 0 spiro atoms. The first-order chi connectivity index (χ1) is 12.4. The van der Waals surface area contributed by atoms with Crippen molar-refractivity contribution in [1.82, 2.24) is 5.16 Å². The molecular formula is C17H12Cl2N2O4S. The Labute approximate surface area is 162 Å². The van der Waals surface area contributed by atoms with Gasteiger partial charge in [0.25, 0.3) is 5.91 Å². The number of thiophene rings is 1. The number of aromatic nitrogens is 1. The molecule has 26 heavy (non-hydrogen) atoms. The van der Waals surface area contributed by atoms with E-state index in [1.807, 2.05) is 0 Å². The molecule has 0 aliphatic carbocycles. The van der Waals surface area contributed by atoms with Crippen molar-refractivity contribution >= 4 is 52.1 Å². The van der Waals surface area contributed by atoms with E-state index in [0.29, 0.717) is 27.1 Å². The molecule has 0 fully saturated rings. The lowest BCUT2D eigenvalue weighted by Crippen LogP contribution is -2.15. The lowest BCUT2D eigenvalue weighted by Gasteiger charge is -2.08. The van der Waals surface area contributed by atoms with Crippen molar-refractivity contribution in [3.63, 3.8) is 0 Å². The third kappa shape index (κ3) is 3.33. The van der Waals surface area contributed by atoms with Crippen molar-refractivity contribution in [1.29, 1.82) is 0 Å². The molecule has 6 nitrogen and oxygen atoms in total. The quantitative estimate of drug-likeness (QED) is 0.607. The van der Waals surface area contributed by atoms with Crippen LogP contribution in [0.4, 0.5) is 5.69 Å². The predicted octanol–water partition coefficient (Wildman–Crippen LogP) is 5.06. The molecule has 134 valence electrons. The largest absolute Gasteiger partial charge is 0.465 e. The number of anilines is 1. The molecule has 3 rings (SSSR count). The molecule has 9 heteroatoms. The van der Waals surface area contributed by atoms with Gasteiger partial charge in [0.1, 0.15) is 21.9 Å². The number of carbonyl (C=O) groups excluding carboxylic acids is 2. The number of nitrogens with one attached hydrogen (secondary N) is 1. The number of hydrogen-bond donors (Lipinski definition) is 1. The van der Waals surface area contributed by atoms with E-state index in [4.69, 9.17) is 32.5 Å². The van der Waals surface area contributed by atoms with Gasteiger partial charge in [-0.3, -0.25) is 4.79 Å². The molecule has 1 N–H and O–H groups in total. The molecule has 0 atom stereocenters. The molecule has 0 saturated carbocycles. The Hall–Kier alpha value is -2.35. The van der Waals surface area contributed by atoms with Crippen LogP contribution in [0.1, 0.15) is 25.8 Å². The summed E-state index contributed by atoms with van der Waals surface area (Å²) in [5.41, 5.74) is 1.15. The van der Waals surface area contributed by atoms with E-state index in [0.717, 1.165) is 11.3 Å². The van der Waals surface area contributed by atoms with Crippen LogP contribution in [0.25, 0.3) is 11.3 Å². The Bertz CT molecular complexity index is 976. The van der Waals surface area contributed by atoms with Gasteiger partial charge in [0.15, 0.2) is 0 Å². The number of carbonyl (C=O) groups is 2. The summed E-state index contributed by atoms with van der Waals surface area (Å²) < 4.78 is 9.89. The van der Waals surface area contributed by atoms with Crippen molar-refractivity contribution in [3.8, 4) is 11.3 Å². The SMILES string of the molecule is COC(=O)c1sccc1NC(=O)c1c(-c2c(Cl)cccc2Cl)noc1C. The maximum atomic E-state index is 12.8. The number of halogens is 2. The first kappa shape index (κ1) is 18.4. The molecule has 0 saturated heterocycles. The van der Waals surface area contributed by atoms with Crippen LogP contribution in [0.5, 0.6) is 0 Å². The number of methoxy groups -OCH3 is 1. The molecule has 0 unspecified atom stereocenters. The Balaban J connectivity index is 2.01. The number of benzene rings is 1. The average molecular weight is 411 g/mol. The summed E-state index contributed by atoms with van der Waals surface area (Å²) in [4.78, 5) is 24.9. The minimum absolute atomic E-state index is 0.182. The van der Waals surface area contributed by atoms with Crippen molar-refractivity contribution in [2.75, 3.05) is 12.4 Å². The van der Waals surface area contributed by atoms with E-state index < -0.39 is 11.9 Å². The Morgan fingerprint density at radius 3 is 2.58 bits per heavy atom. The van der Waals surface area contributed by atoms with Gasteiger partial charge in [-0.25, -0.2) is 4.79 Å². The van der Waals surface area contributed by atoms with E-state index in [1.165, 1.54) is 7.11 Å². The molecule has 0 aliphatic heterocycles. The molecule has 1 amide bonds.